The molecule has 13 heteroatoms. The first-order valence-corrected chi connectivity index (χ1v) is 15.2. The Balaban J connectivity index is 1.43. The van der Waals surface area contributed by atoms with Crippen LogP contribution < -0.4 is 5.32 Å². The van der Waals surface area contributed by atoms with E-state index < -0.39 is 29.8 Å². The smallest absolute Gasteiger partial charge is 0.338 e. The number of aliphatic imine (C=N–C) groups is 1. The number of nitriles is 1. The third kappa shape index (κ3) is 6.83. The highest BCUT2D eigenvalue weighted by Crippen LogP contribution is 2.37. The van der Waals surface area contributed by atoms with Gasteiger partial charge in [-0.05, 0) is 42.3 Å². The summed E-state index contributed by atoms with van der Waals surface area (Å²) in [6.07, 6.45) is 1.67. The molecule has 1 saturated heterocycles. The lowest BCUT2D eigenvalue weighted by Crippen LogP contribution is -2.51. The maximum Gasteiger partial charge on any atom is 0.338 e. The third-order valence-electron chi connectivity index (χ3n) is 7.26. The largest absolute Gasteiger partial charge is 0.480 e. The summed E-state index contributed by atoms with van der Waals surface area (Å²) >= 11 is 4.85. The van der Waals surface area contributed by atoms with E-state index in [1.54, 1.807) is 43.5 Å². The van der Waals surface area contributed by atoms with Crippen LogP contribution in [0.2, 0.25) is 0 Å². The molecule has 1 fully saturated rings. The molecule has 5 rings (SSSR count). The van der Waals surface area contributed by atoms with E-state index in [2.05, 4.69) is 37.2 Å². The minimum absolute atomic E-state index is 0.167. The van der Waals surface area contributed by atoms with E-state index in [-0.39, 0.29) is 6.61 Å². The summed E-state index contributed by atoms with van der Waals surface area (Å²) in [7, 11) is 0. The summed E-state index contributed by atoms with van der Waals surface area (Å²) in [5, 5.41) is 24.9. The number of amidine groups is 1. The number of hydrogen-bond acceptors (Lipinski definition) is 10. The second kappa shape index (κ2) is 13.6. The van der Waals surface area contributed by atoms with Gasteiger partial charge in [0.1, 0.15) is 17.9 Å². The number of thiazole rings is 1. The van der Waals surface area contributed by atoms with Crippen LogP contribution in [0.1, 0.15) is 40.7 Å². The molecule has 2 aliphatic rings. The molecule has 2 unspecified atom stereocenters. The van der Waals surface area contributed by atoms with E-state index in [1.807, 2.05) is 10.3 Å². The zero-order valence-corrected chi connectivity index (χ0v) is 25.6. The maximum atomic E-state index is 14.0. The van der Waals surface area contributed by atoms with Crippen molar-refractivity contribution in [1.82, 2.24) is 20.1 Å². The van der Waals surface area contributed by atoms with Gasteiger partial charge < -0.3 is 15.2 Å². The van der Waals surface area contributed by atoms with Crippen molar-refractivity contribution in [2.75, 3.05) is 39.3 Å². The van der Waals surface area contributed by atoms with Gasteiger partial charge in [0.05, 0.1) is 23.8 Å². The first-order valence-electron chi connectivity index (χ1n) is 13.6. The van der Waals surface area contributed by atoms with Crippen molar-refractivity contribution >= 4 is 45.0 Å². The number of piperazine rings is 1. The fourth-order valence-electron chi connectivity index (χ4n) is 5.22. The number of carboxylic acid groups (broad SMARTS) is 1. The van der Waals surface area contributed by atoms with Crippen LogP contribution in [-0.4, -0.2) is 77.0 Å². The fraction of sp³-hybridized carbons (Fsp3) is 0.300. The Morgan fingerprint density at radius 3 is 2.58 bits per heavy atom. The van der Waals surface area contributed by atoms with Gasteiger partial charge in [0.15, 0.2) is 10.8 Å². The summed E-state index contributed by atoms with van der Waals surface area (Å²) in [5.41, 5.74) is 2.59. The van der Waals surface area contributed by atoms with Crippen molar-refractivity contribution in [3.63, 3.8) is 0 Å². The lowest BCUT2D eigenvalue weighted by atomic mass is 9.95. The topological polar surface area (TPSA) is 131 Å². The highest BCUT2D eigenvalue weighted by Gasteiger charge is 2.36. The van der Waals surface area contributed by atoms with E-state index in [9.17, 15) is 19.1 Å². The van der Waals surface area contributed by atoms with Crippen LogP contribution in [0, 0.1) is 17.1 Å². The first kappa shape index (κ1) is 30.5. The molecule has 1 aromatic heterocycles. The first-order chi connectivity index (χ1) is 20.8. The molecular weight excluding hydrogens is 639 g/mol. The van der Waals surface area contributed by atoms with E-state index in [0.29, 0.717) is 76.0 Å². The summed E-state index contributed by atoms with van der Waals surface area (Å²) in [5.74, 6) is -1.42. The summed E-state index contributed by atoms with van der Waals surface area (Å²) in [4.78, 5) is 39.0. The number of carbonyl (C=O) groups is 2. The average molecular weight is 668 g/mol. The molecule has 3 heterocycles. The number of carboxylic acids is 1. The van der Waals surface area contributed by atoms with E-state index in [0.717, 1.165) is 0 Å². The van der Waals surface area contributed by atoms with Gasteiger partial charge >= 0.3 is 11.9 Å². The Hall–Kier alpha value is -3.96. The zero-order valence-electron chi connectivity index (χ0n) is 23.2. The minimum Gasteiger partial charge on any atom is -0.480 e. The number of rotatable bonds is 9. The molecule has 0 saturated carbocycles. The number of benzene rings is 2. The Kier molecular flexibility index (Phi) is 9.62. The summed E-state index contributed by atoms with van der Waals surface area (Å²) in [6, 6.07) is 11.3. The second-order valence-electron chi connectivity index (χ2n) is 9.91. The number of aliphatic carboxylic acids is 1. The molecule has 3 aromatic rings. The monoisotopic (exact) mass is 666 g/mol. The number of nitrogens with zero attached hydrogens (tertiary/aromatic N) is 5. The quantitative estimate of drug-likeness (QED) is 0.322. The molecule has 43 heavy (non-hydrogen) atoms. The summed E-state index contributed by atoms with van der Waals surface area (Å²) in [6.45, 7) is 4.26. The average Bonchev–Trinajstić information content (AvgIpc) is 3.53. The third-order valence-corrected chi connectivity index (χ3v) is 8.72. The normalized spacial score (nSPS) is 18.4. The van der Waals surface area contributed by atoms with Crippen LogP contribution in [0.4, 0.5) is 4.39 Å². The highest BCUT2D eigenvalue weighted by atomic mass is 79.9. The van der Waals surface area contributed by atoms with Crippen LogP contribution in [-0.2, 0) is 14.3 Å². The van der Waals surface area contributed by atoms with Crippen LogP contribution >= 0.6 is 27.3 Å². The standard InChI is InChI=1S/C30H28BrFN6O4S/c1-2-42-30(41)24-23(35-27(28-34-9-14-43-28)36-25(24)21-8-7-20(32)15-22(21)31)17-37-10-12-38(13-11-37)26(29(39)40)19-5-3-18(16-33)4-6-19/h3-9,14-15,25-26H,2,10-13,17H2,1H3,(H,35,36)(H,39,40). The van der Waals surface area contributed by atoms with Crippen LogP contribution in [0.5, 0.6) is 0 Å². The van der Waals surface area contributed by atoms with Crippen molar-refractivity contribution < 1.29 is 23.8 Å². The van der Waals surface area contributed by atoms with E-state index in [4.69, 9.17) is 15.0 Å². The van der Waals surface area contributed by atoms with Crippen molar-refractivity contribution in [1.29, 1.82) is 5.26 Å². The number of carbonyl (C=O) groups excluding carboxylic acids is 1. The molecule has 2 atom stereocenters. The Morgan fingerprint density at radius 1 is 1.23 bits per heavy atom. The number of aromatic nitrogens is 1. The van der Waals surface area contributed by atoms with Gasteiger partial charge in [0.2, 0.25) is 0 Å². The minimum atomic E-state index is -0.962. The SMILES string of the molecule is CCOC(=O)C1=C(CN2CCN(C(C(=O)O)c3ccc(C#N)cc3)CC2)NC(c2nccs2)=NC1c1ccc(F)cc1Br. The summed E-state index contributed by atoms with van der Waals surface area (Å²) < 4.78 is 19.9. The molecule has 0 radical (unpaired) electrons. The van der Waals surface area contributed by atoms with Crippen LogP contribution in [0.15, 0.2) is 74.8 Å². The number of hydrogen-bond donors (Lipinski definition) is 2. The van der Waals surface area contributed by atoms with Crippen molar-refractivity contribution in [3.8, 4) is 6.07 Å². The van der Waals surface area contributed by atoms with Gasteiger partial charge in [-0.2, -0.15) is 5.26 Å². The van der Waals surface area contributed by atoms with Crippen LogP contribution in [0.3, 0.4) is 0 Å². The molecular formula is C30H28BrFN6O4S. The van der Waals surface area contributed by atoms with Gasteiger partial charge in [-0.3, -0.25) is 19.6 Å². The molecule has 0 amide bonds. The molecule has 0 bridgehead atoms. The van der Waals surface area contributed by atoms with Gasteiger partial charge in [-0.15, -0.1) is 11.3 Å². The van der Waals surface area contributed by atoms with E-state index in [1.165, 1.54) is 23.5 Å². The van der Waals surface area contributed by atoms with Crippen LogP contribution in [0.25, 0.3) is 0 Å². The maximum absolute atomic E-state index is 14.0. The predicted molar refractivity (Wildman–Crippen MR) is 162 cm³/mol. The highest BCUT2D eigenvalue weighted by molar-refractivity contribution is 9.10. The number of esters is 1. The van der Waals surface area contributed by atoms with Gasteiger partial charge in [-0.25, -0.2) is 14.2 Å². The van der Waals surface area contributed by atoms with Crippen molar-refractivity contribution in [2.45, 2.75) is 19.0 Å². The molecule has 222 valence electrons. The molecule has 0 aliphatic carbocycles. The molecule has 2 aliphatic heterocycles. The fourth-order valence-corrected chi connectivity index (χ4v) is 6.38. The van der Waals surface area contributed by atoms with Gasteiger partial charge in [0.25, 0.3) is 0 Å². The molecule has 10 nitrogen and oxygen atoms in total. The van der Waals surface area contributed by atoms with Crippen molar-refractivity contribution in [3.05, 3.63) is 97.3 Å². The molecule has 2 N–H and O–H groups in total. The second-order valence-corrected chi connectivity index (χ2v) is 11.7. The Morgan fingerprint density at radius 2 is 1.98 bits per heavy atom. The molecule has 2 aromatic carbocycles. The predicted octanol–water partition coefficient (Wildman–Crippen LogP) is 4.27. The zero-order chi connectivity index (χ0) is 30.5. The van der Waals surface area contributed by atoms with E-state index >= 15 is 0 Å². The lowest BCUT2D eigenvalue weighted by molar-refractivity contribution is -0.144. The number of halogens is 2. The number of ether oxygens (including phenoxy) is 1. The van der Waals surface area contributed by atoms with Gasteiger partial charge in [0, 0.05) is 54.5 Å². The Labute approximate surface area is 260 Å². The van der Waals surface area contributed by atoms with Crippen molar-refractivity contribution in [2.24, 2.45) is 4.99 Å². The Bertz CT molecular complexity index is 1600. The molecule has 0 spiro atoms. The number of nitrogens with one attached hydrogen (secondary N) is 1. The van der Waals surface area contributed by atoms with Gasteiger partial charge in [-0.1, -0.05) is 34.1 Å². The lowest BCUT2D eigenvalue weighted by Gasteiger charge is -2.39.